The van der Waals surface area contributed by atoms with E-state index >= 15 is 0 Å². The first-order chi connectivity index (χ1) is 8.18. The topological polar surface area (TPSA) is 17.1 Å². The first kappa shape index (κ1) is 10.0. The van der Waals surface area contributed by atoms with Crippen molar-refractivity contribution in [3.63, 3.8) is 0 Å². The molecule has 0 aliphatic heterocycles. The number of fused-ring (bicyclic) bond motifs is 2. The van der Waals surface area contributed by atoms with Crippen LogP contribution in [0.25, 0.3) is 5.57 Å². The second kappa shape index (κ2) is 3.42. The summed E-state index contributed by atoms with van der Waals surface area (Å²) < 4.78 is 0. The van der Waals surface area contributed by atoms with E-state index in [-0.39, 0.29) is 5.78 Å². The molecule has 17 heavy (non-hydrogen) atoms. The molecule has 0 spiro atoms. The van der Waals surface area contributed by atoms with E-state index in [9.17, 15) is 4.79 Å². The van der Waals surface area contributed by atoms with E-state index in [1.165, 1.54) is 0 Å². The summed E-state index contributed by atoms with van der Waals surface area (Å²) >= 11 is 0. The van der Waals surface area contributed by atoms with Crippen molar-refractivity contribution in [3.05, 3.63) is 76.9 Å². The van der Waals surface area contributed by atoms with Crippen LogP contribution in [-0.2, 0) is 0 Å². The minimum absolute atomic E-state index is 0.103. The predicted molar refractivity (Wildman–Crippen MR) is 69.2 cm³/mol. The highest BCUT2D eigenvalue weighted by Crippen LogP contribution is 2.34. The molecule has 0 atom stereocenters. The molecule has 1 aliphatic rings. The van der Waals surface area contributed by atoms with Crippen LogP contribution in [0.2, 0.25) is 0 Å². The zero-order valence-electron chi connectivity index (χ0n) is 9.66. The lowest BCUT2D eigenvalue weighted by molar-refractivity contribution is 0.103. The van der Waals surface area contributed by atoms with E-state index in [0.717, 1.165) is 33.4 Å². The molecule has 2 aromatic rings. The normalized spacial score (nSPS) is 13.2. The van der Waals surface area contributed by atoms with E-state index in [1.54, 1.807) is 0 Å². The van der Waals surface area contributed by atoms with Crippen LogP contribution < -0.4 is 0 Å². The maximum absolute atomic E-state index is 12.4. The molecule has 0 unspecified atom stereocenters. The number of aryl methyl sites for hydroxylation is 1. The molecule has 1 heteroatoms. The van der Waals surface area contributed by atoms with Crippen LogP contribution in [0.1, 0.15) is 32.6 Å². The fourth-order valence-corrected chi connectivity index (χ4v) is 2.34. The molecule has 0 heterocycles. The summed E-state index contributed by atoms with van der Waals surface area (Å²) in [6.07, 6.45) is 0. The van der Waals surface area contributed by atoms with Gasteiger partial charge in [0.2, 0.25) is 0 Å². The Morgan fingerprint density at radius 1 is 0.882 bits per heavy atom. The lowest BCUT2D eigenvalue weighted by Gasteiger charge is -2.20. The molecular weight excluding hydrogens is 208 g/mol. The lowest BCUT2D eigenvalue weighted by atomic mass is 9.81. The Bertz CT molecular complexity index is 650. The number of hydrogen-bond acceptors (Lipinski definition) is 1. The molecular formula is C16H12O. The molecule has 0 bridgehead atoms. The highest BCUT2D eigenvalue weighted by Gasteiger charge is 2.25. The fourth-order valence-electron chi connectivity index (χ4n) is 2.34. The van der Waals surface area contributed by atoms with Crippen LogP contribution in [0, 0.1) is 6.92 Å². The van der Waals surface area contributed by atoms with Gasteiger partial charge in [-0.25, -0.2) is 0 Å². The van der Waals surface area contributed by atoms with E-state index < -0.39 is 0 Å². The minimum Gasteiger partial charge on any atom is -0.289 e. The Labute approximate surface area is 100 Å². The lowest BCUT2D eigenvalue weighted by Crippen LogP contribution is -2.13. The van der Waals surface area contributed by atoms with Crippen molar-refractivity contribution in [2.24, 2.45) is 0 Å². The summed E-state index contributed by atoms with van der Waals surface area (Å²) in [5, 5.41) is 0. The van der Waals surface area contributed by atoms with E-state index in [0.29, 0.717) is 0 Å². The highest BCUT2D eigenvalue weighted by atomic mass is 16.1. The molecule has 0 saturated carbocycles. The Kier molecular flexibility index (Phi) is 2.02. The average molecular weight is 220 g/mol. The first-order valence-electron chi connectivity index (χ1n) is 5.62. The monoisotopic (exact) mass is 220 g/mol. The molecule has 0 radical (unpaired) electrons. The van der Waals surface area contributed by atoms with E-state index in [1.807, 2.05) is 49.4 Å². The summed E-state index contributed by atoms with van der Waals surface area (Å²) in [6.45, 7) is 6.11. The predicted octanol–water partition coefficient (Wildman–Crippen LogP) is 3.60. The Morgan fingerprint density at radius 3 is 2.29 bits per heavy atom. The molecule has 0 aromatic heterocycles. The molecule has 0 fully saturated rings. The Balaban J connectivity index is 2.33. The Morgan fingerprint density at radius 2 is 1.53 bits per heavy atom. The quantitative estimate of drug-likeness (QED) is 0.565. The van der Waals surface area contributed by atoms with Crippen molar-refractivity contribution in [2.45, 2.75) is 6.92 Å². The van der Waals surface area contributed by atoms with Gasteiger partial charge < -0.3 is 0 Å². The largest absolute Gasteiger partial charge is 0.289 e. The number of rotatable bonds is 0. The highest BCUT2D eigenvalue weighted by molar-refractivity contribution is 6.18. The smallest absolute Gasteiger partial charge is 0.194 e. The van der Waals surface area contributed by atoms with Crippen molar-refractivity contribution in [1.82, 2.24) is 0 Å². The molecule has 82 valence electrons. The van der Waals surface area contributed by atoms with Gasteiger partial charge in [0.15, 0.2) is 5.78 Å². The van der Waals surface area contributed by atoms with Gasteiger partial charge in [-0.1, -0.05) is 48.5 Å². The molecule has 1 aliphatic carbocycles. The molecule has 0 saturated heterocycles. The van der Waals surface area contributed by atoms with Gasteiger partial charge in [0.1, 0.15) is 0 Å². The van der Waals surface area contributed by atoms with Gasteiger partial charge in [0, 0.05) is 11.1 Å². The minimum atomic E-state index is 0.103. The summed E-state index contributed by atoms with van der Waals surface area (Å²) in [4.78, 5) is 12.4. The third kappa shape index (κ3) is 1.36. The number of benzene rings is 2. The third-order valence-electron chi connectivity index (χ3n) is 3.24. The van der Waals surface area contributed by atoms with Crippen LogP contribution in [0.4, 0.5) is 0 Å². The van der Waals surface area contributed by atoms with Gasteiger partial charge in [-0.3, -0.25) is 4.79 Å². The van der Waals surface area contributed by atoms with Crippen molar-refractivity contribution < 1.29 is 4.79 Å². The molecule has 3 rings (SSSR count). The van der Waals surface area contributed by atoms with E-state index in [4.69, 9.17) is 0 Å². The van der Waals surface area contributed by atoms with Crippen LogP contribution in [0.5, 0.6) is 0 Å². The van der Waals surface area contributed by atoms with Gasteiger partial charge in [-0.05, 0) is 29.7 Å². The Hall–Kier alpha value is -2.15. The van der Waals surface area contributed by atoms with Gasteiger partial charge in [0.05, 0.1) is 0 Å². The number of hydrogen-bond donors (Lipinski definition) is 0. The zero-order valence-corrected chi connectivity index (χ0v) is 9.66. The third-order valence-corrected chi connectivity index (χ3v) is 3.24. The molecule has 2 aromatic carbocycles. The van der Waals surface area contributed by atoms with Crippen LogP contribution >= 0.6 is 0 Å². The van der Waals surface area contributed by atoms with Crippen molar-refractivity contribution in [3.8, 4) is 0 Å². The van der Waals surface area contributed by atoms with Crippen molar-refractivity contribution >= 4 is 11.4 Å². The zero-order chi connectivity index (χ0) is 12.0. The van der Waals surface area contributed by atoms with E-state index in [2.05, 4.69) is 6.58 Å². The second-order valence-corrected chi connectivity index (χ2v) is 4.40. The van der Waals surface area contributed by atoms with Gasteiger partial charge in [-0.15, -0.1) is 0 Å². The number of carbonyl (C=O) groups excluding carboxylic acids is 1. The van der Waals surface area contributed by atoms with Crippen LogP contribution in [0.3, 0.4) is 0 Å². The number of ketones is 1. The summed E-state index contributed by atoms with van der Waals surface area (Å²) in [5.41, 5.74) is 5.48. The van der Waals surface area contributed by atoms with Gasteiger partial charge in [-0.2, -0.15) is 0 Å². The van der Waals surface area contributed by atoms with Crippen LogP contribution in [-0.4, -0.2) is 5.78 Å². The molecule has 1 nitrogen and oxygen atoms in total. The summed E-state index contributed by atoms with van der Waals surface area (Å²) in [6, 6.07) is 13.6. The maximum Gasteiger partial charge on any atom is 0.194 e. The van der Waals surface area contributed by atoms with Crippen molar-refractivity contribution in [2.75, 3.05) is 0 Å². The average Bonchev–Trinajstić information content (AvgIpc) is 2.36. The number of carbonyl (C=O) groups is 1. The summed E-state index contributed by atoms with van der Waals surface area (Å²) in [5.74, 6) is 0.103. The van der Waals surface area contributed by atoms with Gasteiger partial charge >= 0.3 is 0 Å². The first-order valence-corrected chi connectivity index (χ1v) is 5.62. The standard InChI is InChI=1S/C16H12O/c1-10-7-8-13-11(2)12-5-3-4-6-14(12)16(17)15(13)9-10/h3-9H,2H2,1H3. The SMILES string of the molecule is C=C1c2ccccc2C(=O)c2cc(C)ccc21. The maximum atomic E-state index is 12.4. The fraction of sp³-hybridized carbons (Fsp3) is 0.0625. The van der Waals surface area contributed by atoms with Crippen molar-refractivity contribution in [1.29, 1.82) is 0 Å². The summed E-state index contributed by atoms with van der Waals surface area (Å²) in [7, 11) is 0. The second-order valence-electron chi connectivity index (χ2n) is 4.40. The molecule has 0 N–H and O–H groups in total. The van der Waals surface area contributed by atoms with Gasteiger partial charge in [0.25, 0.3) is 0 Å². The molecule has 0 amide bonds. The van der Waals surface area contributed by atoms with Crippen LogP contribution in [0.15, 0.2) is 49.0 Å².